The number of nitrogens with zero attached hydrogens (tertiary/aromatic N) is 2. The highest BCUT2D eigenvalue weighted by molar-refractivity contribution is 9.11. The van der Waals surface area contributed by atoms with Crippen molar-refractivity contribution in [3.63, 3.8) is 0 Å². The maximum absolute atomic E-state index is 12.0. The third-order valence-electron chi connectivity index (χ3n) is 2.76. The zero-order valence-corrected chi connectivity index (χ0v) is 13.0. The van der Waals surface area contributed by atoms with Gasteiger partial charge in [0.15, 0.2) is 10.9 Å². The van der Waals surface area contributed by atoms with Crippen LogP contribution >= 0.6 is 39.0 Å². The lowest BCUT2D eigenvalue weighted by molar-refractivity contribution is 0.102. The number of aromatic amines is 1. The molecule has 100 valence electrons. The van der Waals surface area contributed by atoms with Crippen molar-refractivity contribution in [1.29, 1.82) is 0 Å². The van der Waals surface area contributed by atoms with Gasteiger partial charge in [0.25, 0.3) is 0 Å². The summed E-state index contributed by atoms with van der Waals surface area (Å²) in [5.74, 6) is 0.350. The Balaban J connectivity index is 1.69. The first-order valence-corrected chi connectivity index (χ1v) is 8.33. The molecule has 0 unspecified atom stereocenters. The smallest absolute Gasteiger partial charge is 0.292 e. The van der Waals surface area contributed by atoms with Gasteiger partial charge in [0.05, 0.1) is 14.4 Å². The molecule has 0 amide bonds. The Kier molecular flexibility index (Phi) is 3.64. The van der Waals surface area contributed by atoms with Crippen LogP contribution in [0.2, 0.25) is 0 Å². The Labute approximate surface area is 125 Å². The van der Waals surface area contributed by atoms with Crippen molar-refractivity contribution in [3.8, 4) is 0 Å². The monoisotopic (exact) mass is 359 g/mol. The molecule has 19 heavy (non-hydrogen) atoms. The minimum absolute atomic E-state index is 0.0542. The minimum Gasteiger partial charge on any atom is -0.292 e. The molecule has 1 fully saturated rings. The molecule has 1 N–H and O–H groups in total. The summed E-state index contributed by atoms with van der Waals surface area (Å²) in [5, 5.41) is 7.03. The molecule has 0 aromatic carbocycles. The van der Waals surface area contributed by atoms with E-state index in [0.717, 1.165) is 21.5 Å². The highest BCUT2D eigenvalue weighted by Gasteiger charge is 2.28. The number of hydrogen-bond acceptors (Lipinski definition) is 5. The van der Waals surface area contributed by atoms with Gasteiger partial charge in [-0.3, -0.25) is 9.36 Å². The van der Waals surface area contributed by atoms with E-state index in [-0.39, 0.29) is 17.5 Å². The summed E-state index contributed by atoms with van der Waals surface area (Å²) in [6.07, 6.45) is 2.03. The quantitative estimate of drug-likeness (QED) is 0.658. The molecule has 0 bridgehead atoms. The van der Waals surface area contributed by atoms with Crippen LogP contribution in [0.5, 0.6) is 0 Å². The molecule has 0 spiro atoms. The molecule has 5 nitrogen and oxygen atoms in total. The molecule has 2 aromatic heterocycles. The lowest BCUT2D eigenvalue weighted by atomic mass is 10.4. The van der Waals surface area contributed by atoms with Gasteiger partial charge in [-0.1, -0.05) is 11.8 Å². The van der Waals surface area contributed by atoms with Crippen LogP contribution in [0, 0.1) is 0 Å². The molecule has 0 atom stereocenters. The summed E-state index contributed by atoms with van der Waals surface area (Å²) in [7, 11) is 0. The fourth-order valence-corrected chi connectivity index (χ4v) is 4.02. The predicted molar refractivity (Wildman–Crippen MR) is 78.2 cm³/mol. The van der Waals surface area contributed by atoms with E-state index in [0.29, 0.717) is 10.9 Å². The molecule has 1 saturated carbocycles. The third kappa shape index (κ3) is 2.85. The van der Waals surface area contributed by atoms with Crippen molar-refractivity contribution in [1.82, 2.24) is 14.8 Å². The predicted octanol–water partition coefficient (Wildman–Crippen LogP) is 2.71. The van der Waals surface area contributed by atoms with Gasteiger partial charge >= 0.3 is 5.69 Å². The topological polar surface area (TPSA) is 67.8 Å². The largest absolute Gasteiger partial charge is 0.344 e. The fourth-order valence-electron chi connectivity index (χ4n) is 1.71. The molecule has 8 heteroatoms. The number of ketones is 1. The number of carbonyl (C=O) groups excluding carboxylic acids is 1. The number of thioether (sulfide) groups is 1. The molecule has 3 rings (SSSR count). The Hall–Kier alpha value is -0.860. The zero-order valence-electron chi connectivity index (χ0n) is 9.76. The van der Waals surface area contributed by atoms with E-state index in [4.69, 9.17) is 0 Å². The van der Waals surface area contributed by atoms with E-state index in [9.17, 15) is 9.59 Å². The second kappa shape index (κ2) is 5.26. The number of Topliss-reactive ketones (excluding diaryl/α,β-unsaturated/α-hetero) is 1. The average molecular weight is 360 g/mol. The summed E-state index contributed by atoms with van der Waals surface area (Å²) in [6, 6.07) is 3.92. The molecule has 0 aliphatic heterocycles. The summed E-state index contributed by atoms with van der Waals surface area (Å²) in [4.78, 5) is 24.3. The molecule has 1 aliphatic rings. The summed E-state index contributed by atoms with van der Waals surface area (Å²) in [5.41, 5.74) is -0.184. The van der Waals surface area contributed by atoms with Crippen LogP contribution in [0.25, 0.3) is 0 Å². The van der Waals surface area contributed by atoms with Crippen molar-refractivity contribution in [2.75, 3.05) is 5.75 Å². The second-order valence-corrected chi connectivity index (χ2v) is 7.63. The van der Waals surface area contributed by atoms with Gasteiger partial charge in [0.1, 0.15) is 0 Å². The van der Waals surface area contributed by atoms with Crippen LogP contribution < -0.4 is 5.69 Å². The molecular weight excluding hydrogens is 350 g/mol. The normalized spacial score (nSPS) is 14.8. The molecule has 0 saturated heterocycles. The maximum atomic E-state index is 12.0. The molecule has 2 aromatic rings. The van der Waals surface area contributed by atoms with Crippen molar-refractivity contribution in [3.05, 3.63) is 31.3 Å². The number of nitrogens with one attached hydrogen (secondary N) is 1. The Morgan fingerprint density at radius 2 is 2.37 bits per heavy atom. The first kappa shape index (κ1) is 13.1. The van der Waals surface area contributed by atoms with Gasteiger partial charge < -0.3 is 0 Å². The van der Waals surface area contributed by atoms with Gasteiger partial charge in [-0.05, 0) is 40.9 Å². The molecule has 0 radical (unpaired) electrons. The fraction of sp³-hybridized carbons (Fsp3) is 0.364. The highest BCUT2D eigenvalue weighted by atomic mass is 79.9. The second-order valence-electron chi connectivity index (χ2n) is 4.23. The molecular formula is C11H10BrN3O2S2. The van der Waals surface area contributed by atoms with Crippen molar-refractivity contribution in [2.24, 2.45) is 0 Å². The van der Waals surface area contributed by atoms with Crippen molar-refractivity contribution < 1.29 is 4.79 Å². The van der Waals surface area contributed by atoms with Gasteiger partial charge in [-0.25, -0.2) is 9.89 Å². The Morgan fingerprint density at radius 1 is 1.58 bits per heavy atom. The summed E-state index contributed by atoms with van der Waals surface area (Å²) < 4.78 is 2.60. The zero-order chi connectivity index (χ0) is 13.4. The number of carbonyl (C=O) groups is 1. The number of thiophene rings is 1. The lowest BCUT2D eigenvalue weighted by Gasteiger charge is -2.01. The number of halogens is 1. The van der Waals surface area contributed by atoms with Crippen LogP contribution in [0.3, 0.4) is 0 Å². The minimum atomic E-state index is -0.184. The summed E-state index contributed by atoms with van der Waals surface area (Å²) in [6.45, 7) is 0. The Morgan fingerprint density at radius 3 is 3.00 bits per heavy atom. The van der Waals surface area contributed by atoms with Crippen LogP contribution in [-0.2, 0) is 0 Å². The number of rotatable bonds is 5. The van der Waals surface area contributed by atoms with Gasteiger partial charge in [0, 0.05) is 6.04 Å². The first-order chi connectivity index (χ1) is 9.15. The Bertz CT molecular complexity index is 672. The highest BCUT2D eigenvalue weighted by Crippen LogP contribution is 2.36. The standard InChI is InChI=1S/C11H10BrN3O2S2/c12-9-4-3-8(19-9)7(16)5-18-11-14-13-10(17)15(11)6-1-2-6/h3-4,6H,1-2,5H2,(H,13,17). The van der Waals surface area contributed by atoms with Gasteiger partial charge in [-0.15, -0.1) is 16.4 Å². The molecule has 2 heterocycles. The van der Waals surface area contributed by atoms with E-state index in [1.54, 1.807) is 10.6 Å². The van der Waals surface area contributed by atoms with Crippen LogP contribution in [0.15, 0.2) is 25.9 Å². The van der Waals surface area contributed by atoms with Crippen molar-refractivity contribution in [2.45, 2.75) is 24.0 Å². The number of hydrogen-bond donors (Lipinski definition) is 1. The molecule has 1 aliphatic carbocycles. The first-order valence-electron chi connectivity index (χ1n) is 5.73. The van der Waals surface area contributed by atoms with Crippen LogP contribution in [0.4, 0.5) is 0 Å². The van der Waals surface area contributed by atoms with Crippen LogP contribution in [0.1, 0.15) is 28.6 Å². The average Bonchev–Trinajstić information content (AvgIpc) is 3.02. The van der Waals surface area contributed by atoms with Crippen molar-refractivity contribution >= 4 is 44.8 Å². The third-order valence-corrected chi connectivity index (χ3v) is 5.38. The number of H-pyrrole nitrogens is 1. The van der Waals surface area contributed by atoms with E-state index < -0.39 is 0 Å². The number of aromatic nitrogens is 3. The van der Waals surface area contributed by atoms with Gasteiger partial charge in [-0.2, -0.15) is 0 Å². The SMILES string of the molecule is O=C(CSc1n[nH]c(=O)n1C1CC1)c1ccc(Br)s1. The van der Waals surface area contributed by atoms with E-state index >= 15 is 0 Å². The van der Waals surface area contributed by atoms with E-state index in [1.165, 1.54) is 23.1 Å². The van der Waals surface area contributed by atoms with E-state index in [1.807, 2.05) is 6.07 Å². The lowest BCUT2D eigenvalue weighted by Crippen LogP contribution is -2.16. The maximum Gasteiger partial charge on any atom is 0.344 e. The van der Waals surface area contributed by atoms with Crippen LogP contribution in [-0.4, -0.2) is 26.3 Å². The summed E-state index contributed by atoms with van der Waals surface area (Å²) >= 11 is 6.06. The van der Waals surface area contributed by atoms with Gasteiger partial charge in [0.2, 0.25) is 0 Å². The van der Waals surface area contributed by atoms with E-state index in [2.05, 4.69) is 26.1 Å².